The van der Waals surface area contributed by atoms with Crippen LogP contribution in [0.25, 0.3) is 0 Å². The van der Waals surface area contributed by atoms with Crippen molar-refractivity contribution in [2.45, 2.75) is 19.4 Å². The fourth-order valence-electron chi connectivity index (χ4n) is 0.895. The van der Waals surface area contributed by atoms with Gasteiger partial charge < -0.3 is 14.6 Å². The molecule has 0 atom stereocenters. The first kappa shape index (κ1) is 8.30. The molecule has 11 heavy (non-hydrogen) atoms. The van der Waals surface area contributed by atoms with Crippen molar-refractivity contribution < 1.29 is 14.6 Å². The predicted octanol–water partition coefficient (Wildman–Crippen LogP) is 0.697. The van der Waals surface area contributed by atoms with Gasteiger partial charge in [-0.25, -0.2) is 0 Å². The molecule has 1 rings (SSSR count). The molecule has 0 amide bonds. The van der Waals surface area contributed by atoms with Gasteiger partial charge in [0.1, 0.15) is 18.1 Å². The first-order valence-electron chi connectivity index (χ1n) is 3.66. The second-order valence-corrected chi connectivity index (χ2v) is 2.35. The van der Waals surface area contributed by atoms with E-state index in [1.54, 1.807) is 6.07 Å². The molecule has 3 nitrogen and oxygen atoms in total. The van der Waals surface area contributed by atoms with Gasteiger partial charge in [0.15, 0.2) is 0 Å². The van der Waals surface area contributed by atoms with E-state index in [2.05, 4.69) is 0 Å². The molecule has 0 aliphatic heterocycles. The van der Waals surface area contributed by atoms with Crippen LogP contribution in [-0.4, -0.2) is 16.8 Å². The molecule has 1 heterocycles. The number of aliphatic hydroxyl groups is 2. The third-order valence-corrected chi connectivity index (χ3v) is 1.45. The van der Waals surface area contributed by atoms with E-state index in [0.717, 1.165) is 12.2 Å². The zero-order valence-corrected chi connectivity index (χ0v) is 6.29. The molecule has 0 unspecified atom stereocenters. The molecular weight excluding hydrogens is 144 g/mol. The van der Waals surface area contributed by atoms with Crippen molar-refractivity contribution in [2.75, 3.05) is 6.61 Å². The maximum atomic E-state index is 8.63. The fourth-order valence-corrected chi connectivity index (χ4v) is 0.895. The van der Waals surface area contributed by atoms with E-state index >= 15 is 0 Å². The Balaban J connectivity index is 2.44. The van der Waals surface area contributed by atoms with E-state index in [1.807, 2.05) is 6.07 Å². The van der Waals surface area contributed by atoms with Crippen molar-refractivity contribution in [1.82, 2.24) is 0 Å². The summed E-state index contributed by atoms with van der Waals surface area (Å²) in [5, 5.41) is 17.1. The van der Waals surface area contributed by atoms with Gasteiger partial charge in [-0.2, -0.15) is 0 Å². The van der Waals surface area contributed by atoms with Gasteiger partial charge in [0.2, 0.25) is 0 Å². The Hall–Kier alpha value is -0.800. The van der Waals surface area contributed by atoms with Crippen molar-refractivity contribution in [3.63, 3.8) is 0 Å². The molecule has 0 radical (unpaired) electrons. The highest BCUT2D eigenvalue weighted by atomic mass is 16.4. The highest BCUT2D eigenvalue weighted by Crippen LogP contribution is 2.09. The Morgan fingerprint density at radius 3 is 2.45 bits per heavy atom. The largest absolute Gasteiger partial charge is 0.464 e. The third kappa shape index (κ3) is 2.37. The Labute approximate surface area is 65.3 Å². The molecular formula is C8H12O3. The van der Waals surface area contributed by atoms with E-state index in [9.17, 15) is 0 Å². The summed E-state index contributed by atoms with van der Waals surface area (Å²) >= 11 is 0. The molecule has 3 heteroatoms. The number of hydrogen-bond acceptors (Lipinski definition) is 3. The van der Waals surface area contributed by atoms with Crippen LogP contribution in [-0.2, 0) is 13.0 Å². The second-order valence-electron chi connectivity index (χ2n) is 2.35. The van der Waals surface area contributed by atoms with Crippen LogP contribution in [0.15, 0.2) is 16.5 Å². The highest BCUT2D eigenvalue weighted by Gasteiger charge is 1.99. The summed E-state index contributed by atoms with van der Waals surface area (Å²) in [6.45, 7) is 0.119. The highest BCUT2D eigenvalue weighted by molar-refractivity contribution is 5.06. The van der Waals surface area contributed by atoms with Crippen LogP contribution in [0.2, 0.25) is 0 Å². The standard InChI is InChI=1S/C8H12O3/c9-5-1-2-7-3-4-8(6-10)11-7/h3-4,9-10H,1-2,5-6H2. The smallest absolute Gasteiger partial charge is 0.129 e. The Kier molecular flexibility index (Phi) is 3.14. The molecule has 1 aromatic heterocycles. The first-order valence-corrected chi connectivity index (χ1v) is 3.66. The van der Waals surface area contributed by atoms with E-state index in [4.69, 9.17) is 14.6 Å². The topological polar surface area (TPSA) is 53.6 Å². The number of aliphatic hydroxyl groups excluding tert-OH is 2. The maximum absolute atomic E-state index is 8.63. The van der Waals surface area contributed by atoms with E-state index < -0.39 is 0 Å². The number of furan rings is 1. The summed E-state index contributed by atoms with van der Waals surface area (Å²) in [6.07, 6.45) is 1.44. The minimum atomic E-state index is -0.0564. The van der Waals surface area contributed by atoms with E-state index in [-0.39, 0.29) is 13.2 Å². The monoisotopic (exact) mass is 156 g/mol. The van der Waals surface area contributed by atoms with Crippen LogP contribution in [0.4, 0.5) is 0 Å². The molecule has 0 saturated heterocycles. The van der Waals surface area contributed by atoms with Gasteiger partial charge in [0.05, 0.1) is 0 Å². The number of aryl methyl sites for hydroxylation is 1. The van der Waals surface area contributed by atoms with E-state index in [0.29, 0.717) is 12.2 Å². The van der Waals surface area contributed by atoms with Gasteiger partial charge in [-0.1, -0.05) is 0 Å². The van der Waals surface area contributed by atoms with Gasteiger partial charge in [-0.3, -0.25) is 0 Å². The zero-order chi connectivity index (χ0) is 8.10. The molecule has 0 aliphatic rings. The first-order chi connectivity index (χ1) is 5.36. The zero-order valence-electron chi connectivity index (χ0n) is 6.29. The summed E-state index contributed by atoms with van der Waals surface area (Å²) in [6, 6.07) is 3.56. The number of rotatable bonds is 4. The summed E-state index contributed by atoms with van der Waals surface area (Å²) in [7, 11) is 0. The van der Waals surface area contributed by atoms with Crippen LogP contribution in [0.5, 0.6) is 0 Å². The Morgan fingerprint density at radius 1 is 1.18 bits per heavy atom. The lowest BCUT2D eigenvalue weighted by molar-refractivity contribution is 0.241. The minimum Gasteiger partial charge on any atom is -0.464 e. The third-order valence-electron chi connectivity index (χ3n) is 1.45. The quantitative estimate of drug-likeness (QED) is 0.674. The fraction of sp³-hybridized carbons (Fsp3) is 0.500. The average molecular weight is 156 g/mol. The SMILES string of the molecule is OCCCc1ccc(CO)o1. The van der Waals surface area contributed by atoms with Crippen molar-refractivity contribution in [2.24, 2.45) is 0 Å². The average Bonchev–Trinajstić information content (AvgIpc) is 2.48. The van der Waals surface area contributed by atoms with Crippen LogP contribution in [0.1, 0.15) is 17.9 Å². The lowest BCUT2D eigenvalue weighted by Crippen LogP contribution is -1.86. The molecule has 2 N–H and O–H groups in total. The lowest BCUT2D eigenvalue weighted by Gasteiger charge is -1.92. The Bertz CT molecular complexity index is 205. The molecule has 0 spiro atoms. The van der Waals surface area contributed by atoms with Gasteiger partial charge in [-0.05, 0) is 18.6 Å². The van der Waals surface area contributed by atoms with Crippen molar-refractivity contribution in [3.05, 3.63) is 23.7 Å². The van der Waals surface area contributed by atoms with Crippen molar-refractivity contribution >= 4 is 0 Å². The molecule has 62 valence electrons. The minimum absolute atomic E-state index is 0.0564. The maximum Gasteiger partial charge on any atom is 0.129 e. The second kappa shape index (κ2) is 4.16. The normalized spacial score (nSPS) is 10.4. The van der Waals surface area contributed by atoms with E-state index in [1.165, 1.54) is 0 Å². The van der Waals surface area contributed by atoms with Crippen LogP contribution in [0, 0.1) is 0 Å². The molecule has 0 aromatic carbocycles. The lowest BCUT2D eigenvalue weighted by atomic mass is 10.3. The summed E-state index contributed by atoms with van der Waals surface area (Å²) in [4.78, 5) is 0. The molecule has 0 fully saturated rings. The predicted molar refractivity (Wildman–Crippen MR) is 40.0 cm³/mol. The van der Waals surface area contributed by atoms with Crippen molar-refractivity contribution in [1.29, 1.82) is 0 Å². The van der Waals surface area contributed by atoms with Gasteiger partial charge in [0, 0.05) is 13.0 Å². The van der Waals surface area contributed by atoms with Crippen LogP contribution in [0.3, 0.4) is 0 Å². The summed E-state index contributed by atoms with van der Waals surface area (Å²) in [5.41, 5.74) is 0. The molecule has 1 aromatic rings. The molecule has 0 aliphatic carbocycles. The van der Waals surface area contributed by atoms with Gasteiger partial charge >= 0.3 is 0 Å². The molecule has 0 saturated carbocycles. The summed E-state index contributed by atoms with van der Waals surface area (Å²) in [5.74, 6) is 1.40. The number of hydrogen-bond donors (Lipinski definition) is 2. The van der Waals surface area contributed by atoms with Gasteiger partial charge in [-0.15, -0.1) is 0 Å². The van der Waals surface area contributed by atoms with Crippen LogP contribution < -0.4 is 0 Å². The molecule has 0 bridgehead atoms. The Morgan fingerprint density at radius 2 is 1.91 bits per heavy atom. The van der Waals surface area contributed by atoms with Crippen molar-refractivity contribution in [3.8, 4) is 0 Å². The van der Waals surface area contributed by atoms with Gasteiger partial charge in [0.25, 0.3) is 0 Å². The van der Waals surface area contributed by atoms with Crippen LogP contribution >= 0.6 is 0 Å². The summed E-state index contributed by atoms with van der Waals surface area (Å²) < 4.78 is 5.17.